The normalized spacial score (nSPS) is 39.9. The first-order valence-corrected chi connectivity index (χ1v) is 20.1. The molecule has 1 radical (unpaired) electrons. The molecule has 51 heavy (non-hydrogen) atoms. The Morgan fingerprint density at radius 1 is 0.706 bits per heavy atom. The van der Waals surface area contributed by atoms with Gasteiger partial charge in [-0.2, -0.15) is 5.70 Å². The Kier molecular flexibility index (Phi) is 14.4. The first-order valence-electron chi connectivity index (χ1n) is 20.1. The molecular weight excluding hydrogens is 671 g/mol. The molecule has 0 aromatic rings. The van der Waals surface area contributed by atoms with Gasteiger partial charge in [-0.05, 0) is 80.4 Å². The third kappa shape index (κ3) is 6.55. The zero-order valence-electron chi connectivity index (χ0n) is 35.7. The summed E-state index contributed by atoms with van der Waals surface area (Å²) in [5.74, 6) is 1.56. The van der Waals surface area contributed by atoms with Gasteiger partial charge in [-0.3, -0.25) is 15.0 Å². The molecule has 0 amide bonds. The molecule has 0 aromatic carbocycles. The van der Waals surface area contributed by atoms with Crippen LogP contribution in [0.15, 0.2) is 49.3 Å². The molecule has 1 fully saturated rings. The number of aliphatic imine (C=N–C) groups is 3. The number of hydrogen-bond donors (Lipinski definition) is 0. The zero-order valence-corrected chi connectivity index (χ0v) is 36.7. The van der Waals surface area contributed by atoms with E-state index in [0.717, 1.165) is 64.2 Å². The van der Waals surface area contributed by atoms with E-state index < -0.39 is 0 Å². The summed E-state index contributed by atoms with van der Waals surface area (Å²) in [6.07, 6.45) is 13.8. The quantitative estimate of drug-likeness (QED) is 0.199. The fraction of sp³-hybridized carbons (Fsp3) is 0.778. The van der Waals surface area contributed by atoms with Gasteiger partial charge >= 0.3 is 16.8 Å². The van der Waals surface area contributed by atoms with E-state index in [9.17, 15) is 0 Å². The summed E-state index contributed by atoms with van der Waals surface area (Å²) in [6, 6.07) is 0.126. The summed E-state index contributed by atoms with van der Waals surface area (Å²) in [6.45, 7) is 36.4. The van der Waals surface area contributed by atoms with Gasteiger partial charge in [0.05, 0.1) is 0 Å². The standard InChI is InChI=1S/C44H71N4.CH3.Co.H2O/c1-16-22-30-33-26-34-40(9,10)31(23-17-2)35(46-34)27(7)38-43(14,25-19-4)29(20-5)39(47-38)44(15)41(11,12)32(24-18-3)36(48-44)28(8)37(45-33)42(30,13)21-6;;;/h26,29-32,39H,16-25H2,1-15H3;1H3;;1H2/q2*-1;+2;/b33-26-,35-27-,36-28-;;;/t29-,30+,31+,32+,39?,42-,43+,44-;;;/m0.../s1. The van der Waals surface area contributed by atoms with Crippen LogP contribution in [0.3, 0.4) is 0 Å². The molecule has 0 saturated carbocycles. The van der Waals surface area contributed by atoms with E-state index in [2.05, 4.69) is 110 Å². The second-order valence-electron chi connectivity index (χ2n) is 18.1. The molecule has 1 saturated heterocycles. The van der Waals surface area contributed by atoms with Crippen molar-refractivity contribution < 1.29 is 22.3 Å². The molecule has 2 N–H and O–H groups in total. The number of allylic oxidation sites excluding steroid dienone is 6. The average Bonchev–Trinajstić information content (AvgIpc) is 3.64. The summed E-state index contributed by atoms with van der Waals surface area (Å²) in [7, 11) is 0. The van der Waals surface area contributed by atoms with Crippen LogP contribution in [0.4, 0.5) is 0 Å². The Hall–Kier alpha value is -1.50. The van der Waals surface area contributed by atoms with Gasteiger partial charge in [-0.15, -0.1) is 0 Å². The van der Waals surface area contributed by atoms with Crippen LogP contribution in [0.1, 0.15) is 168 Å². The number of nitrogens with zero attached hydrogens (tertiary/aromatic N) is 4. The minimum atomic E-state index is -0.318. The first-order chi connectivity index (χ1) is 22.5. The van der Waals surface area contributed by atoms with Gasteiger partial charge in [0.15, 0.2) is 0 Å². The Balaban J connectivity index is 0.00000300. The first kappa shape index (κ1) is 45.7. The molecule has 5 heterocycles. The van der Waals surface area contributed by atoms with Crippen molar-refractivity contribution in [1.29, 1.82) is 0 Å². The minimum absolute atomic E-state index is 0. The topological polar surface area (TPSA) is 82.7 Å². The molecule has 5 rings (SSSR count). The van der Waals surface area contributed by atoms with Gasteiger partial charge in [0.2, 0.25) is 0 Å². The SMILES string of the molecule is CCC[C@@H]1/C2=C(\C)C3=NC([C@H](CC)[C@@]3(C)CCC)[C@]3(C)[N-]\C(=C(C)/C4=N\C(=C/C(=N2)C1(C)C)[C@@H](CCC)[C@]4(C)CC)[C@@H](CCC)C3(C)C.O.[CH3-].[Co+2]. The third-order valence-electron chi connectivity index (χ3n) is 14.9. The van der Waals surface area contributed by atoms with Crippen molar-refractivity contribution in [2.24, 2.45) is 60.3 Å². The van der Waals surface area contributed by atoms with E-state index in [4.69, 9.17) is 20.3 Å². The number of fused-ring (bicyclic) bond motifs is 6. The third-order valence-corrected chi connectivity index (χ3v) is 14.9. The van der Waals surface area contributed by atoms with Crippen molar-refractivity contribution in [3.05, 3.63) is 47.1 Å². The van der Waals surface area contributed by atoms with Crippen LogP contribution in [0.2, 0.25) is 0 Å². The second-order valence-corrected chi connectivity index (χ2v) is 18.1. The van der Waals surface area contributed by atoms with E-state index in [0.29, 0.717) is 23.7 Å². The molecule has 8 bridgehead atoms. The van der Waals surface area contributed by atoms with Crippen LogP contribution < -0.4 is 0 Å². The summed E-state index contributed by atoms with van der Waals surface area (Å²) in [4.78, 5) is 17.4. The van der Waals surface area contributed by atoms with Gasteiger partial charge in [-0.1, -0.05) is 128 Å². The van der Waals surface area contributed by atoms with Crippen molar-refractivity contribution in [2.45, 2.75) is 180 Å². The predicted octanol–water partition coefficient (Wildman–Crippen LogP) is 12.5. The molecule has 8 atom stereocenters. The van der Waals surface area contributed by atoms with E-state index in [-0.39, 0.29) is 62.9 Å². The van der Waals surface area contributed by atoms with E-state index >= 15 is 0 Å². The monoisotopic (exact) mass is 748 g/mol. The predicted molar refractivity (Wildman–Crippen MR) is 219 cm³/mol. The van der Waals surface area contributed by atoms with Crippen molar-refractivity contribution in [3.63, 3.8) is 0 Å². The van der Waals surface area contributed by atoms with Gasteiger partial charge in [-0.25, -0.2) is 0 Å². The summed E-state index contributed by atoms with van der Waals surface area (Å²) in [5, 5.41) is 6.02. The fourth-order valence-electron chi connectivity index (χ4n) is 11.4. The molecule has 5 aliphatic rings. The Labute approximate surface area is 325 Å². The Morgan fingerprint density at radius 3 is 1.80 bits per heavy atom. The molecule has 0 aromatic heterocycles. The van der Waals surface area contributed by atoms with Gasteiger partial charge in [0.1, 0.15) is 0 Å². The number of hydrogen-bond acceptors (Lipinski definition) is 3. The van der Waals surface area contributed by atoms with Crippen LogP contribution in [0.25, 0.3) is 5.32 Å². The van der Waals surface area contributed by atoms with Crippen LogP contribution in [-0.4, -0.2) is 34.2 Å². The van der Waals surface area contributed by atoms with Gasteiger partial charge < -0.3 is 18.2 Å². The fourth-order valence-corrected chi connectivity index (χ4v) is 11.4. The maximum Gasteiger partial charge on any atom is 2.00 e. The smallest absolute Gasteiger partial charge is 0.680 e. The van der Waals surface area contributed by atoms with Crippen molar-refractivity contribution in [3.8, 4) is 0 Å². The van der Waals surface area contributed by atoms with Crippen molar-refractivity contribution in [1.82, 2.24) is 0 Å². The summed E-state index contributed by atoms with van der Waals surface area (Å²) < 4.78 is 0. The maximum absolute atomic E-state index is 6.02. The molecule has 0 aliphatic carbocycles. The zero-order chi connectivity index (χ0) is 35.6. The molecule has 6 heteroatoms. The van der Waals surface area contributed by atoms with Crippen LogP contribution in [0.5, 0.6) is 0 Å². The molecular formula is C45H76CoN4O. The summed E-state index contributed by atoms with van der Waals surface area (Å²) >= 11 is 0. The van der Waals surface area contributed by atoms with E-state index in [1.807, 2.05) is 0 Å². The molecule has 5 nitrogen and oxygen atoms in total. The molecule has 5 aliphatic heterocycles. The van der Waals surface area contributed by atoms with Crippen molar-refractivity contribution in [2.75, 3.05) is 0 Å². The van der Waals surface area contributed by atoms with Gasteiger partial charge in [0.25, 0.3) is 0 Å². The largest absolute Gasteiger partial charge is 2.00 e. The molecule has 1 unspecified atom stereocenters. The van der Waals surface area contributed by atoms with E-state index in [1.54, 1.807) is 0 Å². The molecule has 291 valence electrons. The van der Waals surface area contributed by atoms with Crippen LogP contribution in [-0.2, 0) is 16.8 Å². The van der Waals surface area contributed by atoms with Crippen LogP contribution in [0, 0.1) is 52.8 Å². The maximum atomic E-state index is 6.02. The molecule has 0 spiro atoms. The number of rotatable bonds is 10. The van der Waals surface area contributed by atoms with E-state index in [1.165, 1.54) is 45.4 Å². The Bertz CT molecular complexity index is 1480. The van der Waals surface area contributed by atoms with Gasteiger partial charge in [0, 0.05) is 62.7 Å². The van der Waals surface area contributed by atoms with Crippen molar-refractivity contribution >= 4 is 17.1 Å². The summed E-state index contributed by atoms with van der Waals surface area (Å²) in [5.41, 5.74) is 9.91. The second kappa shape index (κ2) is 16.1. The van der Waals surface area contributed by atoms with Crippen LogP contribution >= 0.6 is 0 Å². The Morgan fingerprint density at radius 2 is 1.27 bits per heavy atom. The minimum Gasteiger partial charge on any atom is -0.680 e. The average molecular weight is 748 g/mol.